The molecule has 1 heterocycles. The largest absolute Gasteiger partial charge is 0.309 e. The lowest BCUT2D eigenvalue weighted by Crippen LogP contribution is -2.16. The highest BCUT2D eigenvalue weighted by molar-refractivity contribution is 9.10. The van der Waals surface area contributed by atoms with Crippen LogP contribution < -0.4 is 5.32 Å². The topological polar surface area (TPSA) is 12.0 Å². The Morgan fingerprint density at radius 2 is 1.94 bits per heavy atom. The van der Waals surface area contributed by atoms with Crippen molar-refractivity contribution in [1.82, 2.24) is 5.32 Å². The molecular formula is C13H12BrCl2NS. The van der Waals surface area contributed by atoms with Crippen molar-refractivity contribution < 1.29 is 0 Å². The molecule has 18 heavy (non-hydrogen) atoms. The second kappa shape index (κ2) is 5.93. The Bertz CT molecular complexity index is 528. The second-order valence-electron chi connectivity index (χ2n) is 4.03. The summed E-state index contributed by atoms with van der Waals surface area (Å²) in [5.74, 6) is 0. The number of rotatable bonds is 3. The van der Waals surface area contributed by atoms with Gasteiger partial charge < -0.3 is 5.32 Å². The monoisotopic (exact) mass is 363 g/mol. The van der Waals surface area contributed by atoms with Crippen LogP contribution in [0.1, 0.15) is 22.0 Å². The van der Waals surface area contributed by atoms with E-state index in [2.05, 4.69) is 33.4 Å². The lowest BCUT2D eigenvalue weighted by atomic mass is 10.1. The molecule has 0 radical (unpaired) electrons. The van der Waals surface area contributed by atoms with E-state index in [4.69, 9.17) is 23.2 Å². The Balaban J connectivity index is 2.44. The van der Waals surface area contributed by atoms with E-state index in [1.807, 2.05) is 26.1 Å². The molecule has 5 heteroatoms. The fourth-order valence-corrected chi connectivity index (χ4v) is 4.08. The zero-order chi connectivity index (χ0) is 13.3. The molecule has 1 atom stereocenters. The quantitative estimate of drug-likeness (QED) is 0.765. The molecule has 96 valence electrons. The number of hydrogen-bond donors (Lipinski definition) is 1. The van der Waals surface area contributed by atoms with Crippen LogP contribution in [0.4, 0.5) is 0 Å². The molecular weight excluding hydrogens is 353 g/mol. The average molecular weight is 365 g/mol. The molecule has 0 amide bonds. The molecule has 2 rings (SSSR count). The maximum atomic E-state index is 6.14. The number of halogens is 3. The molecule has 0 aliphatic carbocycles. The molecule has 1 aromatic heterocycles. The summed E-state index contributed by atoms with van der Waals surface area (Å²) in [5.41, 5.74) is 2.23. The molecule has 2 aromatic rings. The van der Waals surface area contributed by atoms with E-state index < -0.39 is 0 Å². The number of nitrogens with one attached hydrogen (secondary N) is 1. The summed E-state index contributed by atoms with van der Waals surface area (Å²) in [6.07, 6.45) is 0. The van der Waals surface area contributed by atoms with Gasteiger partial charge in [-0.15, -0.1) is 11.3 Å². The highest BCUT2D eigenvalue weighted by atomic mass is 79.9. The second-order valence-corrected chi connectivity index (χ2v) is 7.07. The minimum absolute atomic E-state index is 0.108. The molecule has 0 saturated heterocycles. The van der Waals surface area contributed by atoms with Gasteiger partial charge in [0, 0.05) is 14.4 Å². The molecule has 1 nitrogen and oxygen atoms in total. The minimum atomic E-state index is 0.108. The van der Waals surface area contributed by atoms with Crippen molar-refractivity contribution in [2.45, 2.75) is 13.0 Å². The minimum Gasteiger partial charge on any atom is -0.309 e. The number of hydrogen-bond acceptors (Lipinski definition) is 2. The lowest BCUT2D eigenvalue weighted by Gasteiger charge is -2.15. The van der Waals surface area contributed by atoms with E-state index in [9.17, 15) is 0 Å². The highest BCUT2D eigenvalue weighted by Gasteiger charge is 2.16. The fourth-order valence-electron chi connectivity index (χ4n) is 1.84. The summed E-state index contributed by atoms with van der Waals surface area (Å²) in [6.45, 7) is 2.02. The van der Waals surface area contributed by atoms with Crippen molar-refractivity contribution in [2.24, 2.45) is 0 Å². The molecule has 1 aromatic carbocycles. The van der Waals surface area contributed by atoms with E-state index in [1.54, 1.807) is 11.3 Å². The van der Waals surface area contributed by atoms with Gasteiger partial charge >= 0.3 is 0 Å². The van der Waals surface area contributed by atoms with Crippen molar-refractivity contribution in [3.05, 3.63) is 54.1 Å². The van der Waals surface area contributed by atoms with Crippen molar-refractivity contribution in [1.29, 1.82) is 0 Å². The summed E-state index contributed by atoms with van der Waals surface area (Å²) in [4.78, 5) is 1.19. The van der Waals surface area contributed by atoms with Gasteiger partial charge in [0.05, 0.1) is 10.4 Å². The molecule has 0 aliphatic heterocycles. The van der Waals surface area contributed by atoms with Crippen LogP contribution in [0, 0.1) is 6.92 Å². The van der Waals surface area contributed by atoms with Gasteiger partial charge in [-0.3, -0.25) is 0 Å². The summed E-state index contributed by atoms with van der Waals surface area (Å²) < 4.78 is 1.82. The van der Waals surface area contributed by atoms with Crippen molar-refractivity contribution in [3.8, 4) is 0 Å². The van der Waals surface area contributed by atoms with Crippen molar-refractivity contribution >= 4 is 50.5 Å². The predicted octanol–water partition coefficient (Wildman–Crippen LogP) is 5.43. The zero-order valence-corrected chi connectivity index (χ0v) is 13.8. The van der Waals surface area contributed by atoms with E-state index >= 15 is 0 Å². The van der Waals surface area contributed by atoms with E-state index in [0.29, 0.717) is 0 Å². The Morgan fingerprint density at radius 1 is 1.22 bits per heavy atom. The van der Waals surface area contributed by atoms with Gasteiger partial charge in [0.2, 0.25) is 0 Å². The summed E-state index contributed by atoms with van der Waals surface area (Å²) >= 11 is 17.3. The van der Waals surface area contributed by atoms with Gasteiger partial charge in [-0.1, -0.05) is 39.1 Å². The van der Waals surface area contributed by atoms with Crippen LogP contribution in [-0.2, 0) is 0 Å². The fraction of sp³-hybridized carbons (Fsp3) is 0.231. The maximum Gasteiger partial charge on any atom is 0.0961 e. The SMILES string of the molecule is CNC(c1cc(Cl)cc(Br)c1)c1cc(C)c(Cl)s1. The molecule has 1 N–H and O–H groups in total. The third-order valence-corrected chi connectivity index (χ3v) is 4.96. The van der Waals surface area contributed by atoms with Gasteiger partial charge in [-0.05, 0) is 49.4 Å². The standard InChI is InChI=1S/C13H12BrCl2NS/c1-7-3-11(18-13(7)16)12(17-2)8-4-9(14)6-10(15)5-8/h3-6,12,17H,1-2H3. The van der Waals surface area contributed by atoms with E-state index in [-0.39, 0.29) is 6.04 Å². The first kappa shape index (κ1) is 14.4. The number of benzene rings is 1. The van der Waals surface area contributed by atoms with Crippen LogP contribution in [0.3, 0.4) is 0 Å². The third-order valence-electron chi connectivity index (χ3n) is 2.67. The van der Waals surface area contributed by atoms with Crippen molar-refractivity contribution in [2.75, 3.05) is 7.05 Å². The lowest BCUT2D eigenvalue weighted by molar-refractivity contribution is 0.703. The van der Waals surface area contributed by atoms with Crippen LogP contribution in [-0.4, -0.2) is 7.05 Å². The first-order chi connectivity index (χ1) is 8.51. The smallest absolute Gasteiger partial charge is 0.0961 e. The zero-order valence-electron chi connectivity index (χ0n) is 9.93. The van der Waals surface area contributed by atoms with Gasteiger partial charge in [0.25, 0.3) is 0 Å². The summed E-state index contributed by atoms with van der Waals surface area (Å²) in [5, 5.41) is 4.02. The van der Waals surface area contributed by atoms with E-state index in [1.165, 1.54) is 4.88 Å². The Hall–Kier alpha value is -0.0600. The van der Waals surface area contributed by atoms with Crippen LogP contribution >= 0.6 is 50.5 Å². The molecule has 0 fully saturated rings. The normalized spacial score (nSPS) is 12.7. The maximum absolute atomic E-state index is 6.14. The van der Waals surface area contributed by atoms with E-state index in [0.717, 1.165) is 25.0 Å². The van der Waals surface area contributed by atoms with Gasteiger partial charge in [-0.2, -0.15) is 0 Å². The Morgan fingerprint density at radius 3 is 2.44 bits per heavy atom. The van der Waals surface area contributed by atoms with Crippen LogP contribution in [0.25, 0.3) is 0 Å². The number of thiophene rings is 1. The van der Waals surface area contributed by atoms with Crippen LogP contribution in [0.15, 0.2) is 28.7 Å². The molecule has 0 saturated carbocycles. The third kappa shape index (κ3) is 3.09. The average Bonchev–Trinajstić information content (AvgIpc) is 2.58. The van der Waals surface area contributed by atoms with Gasteiger partial charge in [0.1, 0.15) is 0 Å². The highest BCUT2D eigenvalue weighted by Crippen LogP contribution is 2.35. The predicted molar refractivity (Wildman–Crippen MR) is 84.1 cm³/mol. The molecule has 1 unspecified atom stereocenters. The first-order valence-corrected chi connectivity index (χ1v) is 7.77. The van der Waals surface area contributed by atoms with Crippen LogP contribution in [0.2, 0.25) is 9.36 Å². The summed E-state index contributed by atoms with van der Waals surface area (Å²) in [7, 11) is 1.93. The van der Waals surface area contributed by atoms with Gasteiger partial charge in [-0.25, -0.2) is 0 Å². The molecule has 0 spiro atoms. The first-order valence-electron chi connectivity index (χ1n) is 5.40. The molecule has 0 bridgehead atoms. The number of aryl methyl sites for hydroxylation is 1. The van der Waals surface area contributed by atoms with Gasteiger partial charge in [0.15, 0.2) is 0 Å². The van der Waals surface area contributed by atoms with Crippen LogP contribution in [0.5, 0.6) is 0 Å². The van der Waals surface area contributed by atoms with Crippen molar-refractivity contribution in [3.63, 3.8) is 0 Å². The Kier molecular flexibility index (Phi) is 4.73. The molecule has 0 aliphatic rings. The Labute approximate surface area is 129 Å². The summed E-state index contributed by atoms with van der Waals surface area (Å²) in [6, 6.07) is 8.14.